The van der Waals surface area contributed by atoms with Crippen molar-refractivity contribution in [2.75, 3.05) is 6.54 Å². The Morgan fingerprint density at radius 2 is 2.50 bits per heavy atom. The van der Waals surface area contributed by atoms with Gasteiger partial charge in [-0.15, -0.1) is 11.3 Å². The second-order valence-corrected chi connectivity index (χ2v) is 5.00. The van der Waals surface area contributed by atoms with Crippen molar-refractivity contribution < 1.29 is 4.79 Å². The molecule has 0 aliphatic rings. The van der Waals surface area contributed by atoms with Crippen LogP contribution in [0.3, 0.4) is 0 Å². The van der Waals surface area contributed by atoms with Gasteiger partial charge in [0.2, 0.25) is 5.91 Å². The number of hydrogen-bond acceptors (Lipinski definition) is 3. The topological polar surface area (TPSA) is 55.1 Å². The van der Waals surface area contributed by atoms with Crippen LogP contribution in [0.15, 0.2) is 15.9 Å². The Morgan fingerprint density at radius 1 is 1.79 bits per heavy atom. The highest BCUT2D eigenvalue weighted by molar-refractivity contribution is 9.10. The highest BCUT2D eigenvalue weighted by atomic mass is 79.9. The minimum Gasteiger partial charge on any atom is -0.351 e. The number of thiophene rings is 1. The number of carbonyl (C=O) groups excluding carboxylic acids is 1. The van der Waals surface area contributed by atoms with Crippen LogP contribution in [-0.4, -0.2) is 12.5 Å². The molecule has 3 N–H and O–H groups in total. The third kappa shape index (κ3) is 3.40. The predicted octanol–water partition coefficient (Wildman–Crippen LogP) is 1.72. The van der Waals surface area contributed by atoms with Crippen LogP contribution >= 0.6 is 27.3 Å². The maximum absolute atomic E-state index is 11.4. The number of rotatable bonds is 4. The van der Waals surface area contributed by atoms with Crippen molar-refractivity contribution in [3.8, 4) is 0 Å². The van der Waals surface area contributed by atoms with Crippen LogP contribution in [-0.2, 0) is 11.3 Å². The summed E-state index contributed by atoms with van der Waals surface area (Å²) in [5.74, 6) is -0.101. The molecule has 14 heavy (non-hydrogen) atoms. The van der Waals surface area contributed by atoms with E-state index in [0.29, 0.717) is 13.1 Å². The van der Waals surface area contributed by atoms with Gasteiger partial charge in [0.1, 0.15) is 0 Å². The molecule has 1 atom stereocenters. The number of amides is 1. The average Bonchev–Trinajstić information content (AvgIpc) is 2.59. The third-order valence-electron chi connectivity index (χ3n) is 1.86. The molecule has 1 aromatic rings. The molecule has 0 radical (unpaired) electrons. The summed E-state index contributed by atoms with van der Waals surface area (Å²) in [6, 6.07) is 2.00. The lowest BCUT2D eigenvalue weighted by Gasteiger charge is -2.08. The number of nitrogens with one attached hydrogen (secondary N) is 1. The van der Waals surface area contributed by atoms with Gasteiger partial charge >= 0.3 is 0 Å². The summed E-state index contributed by atoms with van der Waals surface area (Å²) >= 11 is 4.98. The van der Waals surface area contributed by atoms with Crippen molar-refractivity contribution in [2.24, 2.45) is 11.7 Å². The van der Waals surface area contributed by atoms with Crippen molar-refractivity contribution >= 4 is 33.2 Å². The fraction of sp³-hybridized carbons (Fsp3) is 0.444. The van der Waals surface area contributed by atoms with Crippen molar-refractivity contribution in [1.82, 2.24) is 5.32 Å². The van der Waals surface area contributed by atoms with E-state index in [1.807, 2.05) is 18.4 Å². The van der Waals surface area contributed by atoms with Crippen LogP contribution in [0.2, 0.25) is 0 Å². The van der Waals surface area contributed by atoms with Gasteiger partial charge < -0.3 is 11.1 Å². The molecule has 1 rings (SSSR count). The molecule has 0 aromatic carbocycles. The largest absolute Gasteiger partial charge is 0.351 e. The second-order valence-electron chi connectivity index (χ2n) is 3.09. The SMILES string of the molecule is CC(CN)C(=O)NCc1cc(Br)cs1. The first-order valence-corrected chi connectivity index (χ1v) is 6.01. The molecule has 0 fully saturated rings. The zero-order valence-corrected chi connectivity index (χ0v) is 10.3. The van der Waals surface area contributed by atoms with Crippen molar-refractivity contribution in [1.29, 1.82) is 0 Å². The summed E-state index contributed by atoms with van der Waals surface area (Å²) < 4.78 is 1.05. The van der Waals surface area contributed by atoms with Gasteiger partial charge in [-0.2, -0.15) is 0 Å². The molecule has 0 bridgehead atoms. The highest BCUT2D eigenvalue weighted by Gasteiger charge is 2.10. The lowest BCUT2D eigenvalue weighted by Crippen LogP contribution is -2.32. The molecule has 0 spiro atoms. The molecule has 1 aromatic heterocycles. The van der Waals surface area contributed by atoms with Gasteiger partial charge in [0.05, 0.1) is 6.54 Å². The molecule has 0 saturated heterocycles. The van der Waals surface area contributed by atoms with E-state index < -0.39 is 0 Å². The molecule has 0 saturated carbocycles. The van der Waals surface area contributed by atoms with E-state index in [1.54, 1.807) is 11.3 Å². The molecule has 1 heterocycles. The number of carbonyl (C=O) groups is 1. The Labute approximate surface area is 95.8 Å². The Kier molecular flexibility index (Phi) is 4.57. The molecule has 5 heteroatoms. The van der Waals surface area contributed by atoms with Crippen LogP contribution in [0.4, 0.5) is 0 Å². The molecule has 78 valence electrons. The lowest BCUT2D eigenvalue weighted by molar-refractivity contribution is -0.124. The molecular formula is C9H13BrN2OS. The molecule has 1 amide bonds. The molecule has 1 unspecified atom stereocenters. The Morgan fingerprint density at radius 3 is 3.00 bits per heavy atom. The fourth-order valence-corrected chi connectivity index (χ4v) is 2.29. The van der Waals surface area contributed by atoms with Crippen LogP contribution in [0.1, 0.15) is 11.8 Å². The van der Waals surface area contributed by atoms with Crippen LogP contribution in [0, 0.1) is 5.92 Å². The van der Waals surface area contributed by atoms with Gasteiger partial charge in [-0.05, 0) is 22.0 Å². The minimum absolute atomic E-state index is 0.0111. The molecule has 0 aliphatic carbocycles. The maximum Gasteiger partial charge on any atom is 0.224 e. The van der Waals surface area contributed by atoms with Crippen molar-refractivity contribution in [2.45, 2.75) is 13.5 Å². The summed E-state index contributed by atoms with van der Waals surface area (Å²) in [6.45, 7) is 2.79. The Hall–Kier alpha value is -0.390. The van der Waals surface area contributed by atoms with Crippen LogP contribution < -0.4 is 11.1 Å². The van der Waals surface area contributed by atoms with E-state index in [1.165, 1.54) is 0 Å². The summed E-state index contributed by atoms with van der Waals surface area (Å²) in [7, 11) is 0. The Bertz CT molecular complexity index is 314. The maximum atomic E-state index is 11.4. The van der Waals surface area contributed by atoms with Crippen LogP contribution in [0.25, 0.3) is 0 Å². The van der Waals surface area contributed by atoms with Crippen molar-refractivity contribution in [3.05, 3.63) is 20.8 Å². The number of halogens is 1. The average molecular weight is 277 g/mol. The monoisotopic (exact) mass is 276 g/mol. The first-order chi connectivity index (χ1) is 6.63. The Balaban J connectivity index is 2.37. The van der Waals surface area contributed by atoms with Gasteiger partial charge in [-0.1, -0.05) is 6.92 Å². The van der Waals surface area contributed by atoms with Crippen LogP contribution in [0.5, 0.6) is 0 Å². The summed E-state index contributed by atoms with van der Waals surface area (Å²) in [4.78, 5) is 12.5. The van der Waals surface area contributed by atoms with E-state index in [0.717, 1.165) is 9.35 Å². The predicted molar refractivity (Wildman–Crippen MR) is 62.1 cm³/mol. The smallest absolute Gasteiger partial charge is 0.224 e. The minimum atomic E-state index is -0.113. The molecule has 3 nitrogen and oxygen atoms in total. The fourth-order valence-electron chi connectivity index (χ4n) is 0.902. The summed E-state index contributed by atoms with van der Waals surface area (Å²) in [5.41, 5.74) is 5.38. The van der Waals surface area contributed by atoms with E-state index in [-0.39, 0.29) is 11.8 Å². The van der Waals surface area contributed by atoms with E-state index >= 15 is 0 Å². The zero-order valence-electron chi connectivity index (χ0n) is 7.92. The molecular weight excluding hydrogens is 264 g/mol. The van der Waals surface area contributed by atoms with Gasteiger partial charge in [-0.3, -0.25) is 4.79 Å². The number of nitrogens with two attached hydrogens (primary N) is 1. The van der Waals surface area contributed by atoms with Gasteiger partial charge in [0, 0.05) is 27.2 Å². The highest BCUT2D eigenvalue weighted by Crippen LogP contribution is 2.19. The van der Waals surface area contributed by atoms with Crippen molar-refractivity contribution in [3.63, 3.8) is 0 Å². The van der Waals surface area contributed by atoms with Gasteiger partial charge in [-0.25, -0.2) is 0 Å². The van der Waals surface area contributed by atoms with E-state index in [4.69, 9.17) is 5.73 Å². The van der Waals surface area contributed by atoms with E-state index in [2.05, 4.69) is 21.2 Å². The van der Waals surface area contributed by atoms with Gasteiger partial charge in [0.15, 0.2) is 0 Å². The number of hydrogen-bond donors (Lipinski definition) is 2. The lowest BCUT2D eigenvalue weighted by atomic mass is 10.2. The van der Waals surface area contributed by atoms with E-state index in [9.17, 15) is 4.79 Å². The quantitative estimate of drug-likeness (QED) is 0.880. The normalized spacial score (nSPS) is 12.5. The first kappa shape index (κ1) is 11.7. The molecule has 0 aliphatic heterocycles. The second kappa shape index (κ2) is 5.48. The summed E-state index contributed by atoms with van der Waals surface area (Å²) in [5, 5.41) is 4.83. The first-order valence-electron chi connectivity index (χ1n) is 4.34. The third-order valence-corrected chi connectivity index (χ3v) is 3.56. The van der Waals surface area contributed by atoms with Gasteiger partial charge in [0.25, 0.3) is 0 Å². The standard InChI is InChI=1S/C9H13BrN2OS/c1-6(3-11)9(13)12-4-8-2-7(10)5-14-8/h2,5-6H,3-4,11H2,1H3,(H,12,13). The summed E-state index contributed by atoms with van der Waals surface area (Å²) in [6.07, 6.45) is 0. The zero-order chi connectivity index (χ0) is 10.6.